The Morgan fingerprint density at radius 2 is 1.48 bits per heavy atom. The van der Waals surface area contributed by atoms with E-state index in [1.165, 1.54) is 17.0 Å². The summed E-state index contributed by atoms with van der Waals surface area (Å²) in [6, 6.07) is 21.1. The first kappa shape index (κ1) is 18.0. The number of aromatic nitrogens is 2. The van der Waals surface area contributed by atoms with Crippen molar-refractivity contribution >= 4 is 0 Å². The Morgan fingerprint density at radius 1 is 0.852 bits per heavy atom. The number of aromatic amines is 1. The van der Waals surface area contributed by atoms with Crippen molar-refractivity contribution < 1.29 is 0 Å². The maximum absolute atomic E-state index is 4.84. The number of rotatable bonds is 6. The van der Waals surface area contributed by atoms with Crippen molar-refractivity contribution in [3.05, 3.63) is 77.6 Å². The number of H-pyrrole nitrogens is 1. The van der Waals surface area contributed by atoms with Crippen molar-refractivity contribution in [1.29, 1.82) is 0 Å². The lowest BCUT2D eigenvalue weighted by atomic mass is 10.2. The maximum atomic E-state index is 4.84. The molecule has 0 radical (unpaired) electrons. The van der Waals surface area contributed by atoms with Gasteiger partial charge in [0, 0.05) is 56.9 Å². The summed E-state index contributed by atoms with van der Waals surface area (Å²) < 4.78 is 0. The van der Waals surface area contributed by atoms with Crippen molar-refractivity contribution in [3.8, 4) is 11.4 Å². The van der Waals surface area contributed by atoms with Crippen LogP contribution in [0.15, 0.2) is 60.7 Å². The number of nitrogens with zero attached hydrogens (tertiary/aromatic N) is 3. The van der Waals surface area contributed by atoms with E-state index in [4.69, 9.17) is 4.98 Å². The highest BCUT2D eigenvalue weighted by Gasteiger charge is 2.17. The van der Waals surface area contributed by atoms with Gasteiger partial charge >= 0.3 is 0 Å². The van der Waals surface area contributed by atoms with Crippen molar-refractivity contribution in [1.82, 2.24) is 19.8 Å². The summed E-state index contributed by atoms with van der Waals surface area (Å²) >= 11 is 0. The fraction of sp³-hybridized carbons (Fsp3) is 0.348. The van der Waals surface area contributed by atoms with E-state index in [-0.39, 0.29) is 0 Å². The van der Waals surface area contributed by atoms with Crippen LogP contribution < -0.4 is 0 Å². The molecule has 2 heterocycles. The van der Waals surface area contributed by atoms with Crippen LogP contribution in [0.1, 0.15) is 17.0 Å². The minimum Gasteiger partial charge on any atom is -0.342 e. The Kier molecular flexibility index (Phi) is 5.66. The molecule has 4 rings (SSSR count). The van der Waals surface area contributed by atoms with Crippen molar-refractivity contribution in [2.45, 2.75) is 19.9 Å². The second-order valence-electron chi connectivity index (χ2n) is 7.38. The minimum atomic E-state index is 0.982. The predicted molar refractivity (Wildman–Crippen MR) is 111 cm³/mol. The summed E-state index contributed by atoms with van der Waals surface area (Å²) in [6.07, 6.45) is 1.01. The second kappa shape index (κ2) is 8.51. The lowest BCUT2D eigenvalue weighted by molar-refractivity contribution is 0.128. The van der Waals surface area contributed by atoms with Gasteiger partial charge < -0.3 is 9.88 Å². The van der Waals surface area contributed by atoms with Gasteiger partial charge in [-0.1, -0.05) is 60.7 Å². The van der Waals surface area contributed by atoms with Crippen molar-refractivity contribution in [2.75, 3.05) is 32.7 Å². The van der Waals surface area contributed by atoms with Gasteiger partial charge in [0.2, 0.25) is 0 Å². The third kappa shape index (κ3) is 4.65. The SMILES string of the molecule is Cc1[nH]c(-c2ccccc2)nc1CCN1CCN(Cc2ccccc2)CC1. The van der Waals surface area contributed by atoms with E-state index in [2.05, 4.69) is 76.3 Å². The molecule has 0 unspecified atom stereocenters. The molecule has 1 saturated heterocycles. The minimum absolute atomic E-state index is 0.982. The fourth-order valence-electron chi connectivity index (χ4n) is 3.75. The molecule has 1 aliphatic heterocycles. The van der Waals surface area contributed by atoms with Crippen LogP contribution in [0.4, 0.5) is 0 Å². The fourth-order valence-corrected chi connectivity index (χ4v) is 3.75. The summed E-state index contributed by atoms with van der Waals surface area (Å²) in [7, 11) is 0. The van der Waals surface area contributed by atoms with Gasteiger partial charge in [-0.3, -0.25) is 4.90 Å². The zero-order chi connectivity index (χ0) is 18.5. The van der Waals surface area contributed by atoms with E-state index in [1.807, 2.05) is 6.07 Å². The van der Waals surface area contributed by atoms with Gasteiger partial charge in [0.25, 0.3) is 0 Å². The Labute approximate surface area is 161 Å². The summed E-state index contributed by atoms with van der Waals surface area (Å²) in [5.74, 6) is 0.982. The molecule has 1 fully saturated rings. The van der Waals surface area contributed by atoms with Gasteiger partial charge in [-0.2, -0.15) is 0 Å². The second-order valence-corrected chi connectivity index (χ2v) is 7.38. The van der Waals surface area contributed by atoms with Crippen LogP contribution >= 0.6 is 0 Å². The van der Waals surface area contributed by atoms with Crippen molar-refractivity contribution in [3.63, 3.8) is 0 Å². The van der Waals surface area contributed by atoms with E-state index in [0.29, 0.717) is 0 Å². The monoisotopic (exact) mass is 360 g/mol. The number of piperazine rings is 1. The first-order valence-corrected chi connectivity index (χ1v) is 9.87. The summed E-state index contributed by atoms with van der Waals surface area (Å²) in [6.45, 7) is 8.84. The quantitative estimate of drug-likeness (QED) is 0.727. The largest absolute Gasteiger partial charge is 0.342 e. The molecule has 27 heavy (non-hydrogen) atoms. The molecule has 4 nitrogen and oxygen atoms in total. The number of benzene rings is 2. The van der Waals surface area contributed by atoms with Crippen LogP contribution in [0.5, 0.6) is 0 Å². The third-order valence-electron chi connectivity index (χ3n) is 5.41. The first-order valence-electron chi connectivity index (χ1n) is 9.87. The van der Waals surface area contributed by atoms with E-state index >= 15 is 0 Å². The molecule has 140 valence electrons. The zero-order valence-corrected chi connectivity index (χ0v) is 16.1. The lowest BCUT2D eigenvalue weighted by Crippen LogP contribution is -2.46. The molecule has 1 aliphatic rings. The van der Waals surface area contributed by atoms with Crippen LogP contribution in [0.25, 0.3) is 11.4 Å². The molecule has 4 heteroatoms. The van der Waals surface area contributed by atoms with Crippen LogP contribution in [-0.2, 0) is 13.0 Å². The molecule has 2 aromatic carbocycles. The maximum Gasteiger partial charge on any atom is 0.137 e. The summed E-state index contributed by atoms with van der Waals surface area (Å²) in [4.78, 5) is 13.4. The van der Waals surface area contributed by atoms with Crippen molar-refractivity contribution in [2.24, 2.45) is 0 Å². The highest BCUT2D eigenvalue weighted by molar-refractivity contribution is 5.55. The number of aryl methyl sites for hydroxylation is 1. The molecule has 0 aliphatic carbocycles. The molecular weight excluding hydrogens is 332 g/mol. The molecule has 1 aromatic heterocycles. The molecule has 0 saturated carbocycles. The van der Waals surface area contributed by atoms with Crippen LogP contribution in [-0.4, -0.2) is 52.5 Å². The molecule has 1 N–H and O–H groups in total. The number of imidazole rings is 1. The summed E-state index contributed by atoms with van der Waals surface area (Å²) in [5, 5.41) is 0. The van der Waals surface area contributed by atoms with Crippen LogP contribution in [0.2, 0.25) is 0 Å². The van der Waals surface area contributed by atoms with E-state index in [9.17, 15) is 0 Å². The molecule has 0 amide bonds. The Balaban J connectivity index is 1.27. The highest BCUT2D eigenvalue weighted by Crippen LogP contribution is 2.18. The first-order chi connectivity index (χ1) is 13.3. The molecule has 0 atom stereocenters. The van der Waals surface area contributed by atoms with Crippen LogP contribution in [0.3, 0.4) is 0 Å². The zero-order valence-electron chi connectivity index (χ0n) is 16.1. The Morgan fingerprint density at radius 3 is 2.19 bits per heavy atom. The van der Waals surface area contributed by atoms with Gasteiger partial charge in [-0.15, -0.1) is 0 Å². The molecule has 3 aromatic rings. The number of hydrogen-bond donors (Lipinski definition) is 1. The summed E-state index contributed by atoms with van der Waals surface area (Å²) in [5.41, 5.74) is 4.95. The predicted octanol–water partition coefficient (Wildman–Crippen LogP) is 3.75. The van der Waals surface area contributed by atoms with Gasteiger partial charge in [0.15, 0.2) is 0 Å². The average molecular weight is 361 g/mol. The highest BCUT2D eigenvalue weighted by atomic mass is 15.3. The van der Waals surface area contributed by atoms with Crippen LogP contribution in [0, 0.1) is 6.92 Å². The smallest absolute Gasteiger partial charge is 0.137 e. The Bertz CT molecular complexity index is 833. The van der Waals surface area contributed by atoms with E-state index in [0.717, 1.165) is 57.1 Å². The van der Waals surface area contributed by atoms with Gasteiger partial charge in [0.1, 0.15) is 5.82 Å². The van der Waals surface area contributed by atoms with Gasteiger partial charge in [0.05, 0.1) is 5.69 Å². The average Bonchev–Trinajstić information content (AvgIpc) is 3.10. The van der Waals surface area contributed by atoms with E-state index < -0.39 is 0 Å². The Hall–Kier alpha value is -2.43. The third-order valence-corrected chi connectivity index (χ3v) is 5.41. The standard InChI is InChI=1S/C23H28N4/c1-19-22(25-23(24-19)21-10-6-3-7-11-21)12-13-26-14-16-27(17-15-26)18-20-8-4-2-5-9-20/h2-11H,12-18H2,1H3,(H,24,25). The topological polar surface area (TPSA) is 35.2 Å². The van der Waals surface area contributed by atoms with Gasteiger partial charge in [-0.25, -0.2) is 4.98 Å². The molecule has 0 bridgehead atoms. The molecular formula is C23H28N4. The number of nitrogens with one attached hydrogen (secondary N) is 1. The van der Waals surface area contributed by atoms with Gasteiger partial charge in [-0.05, 0) is 12.5 Å². The number of hydrogen-bond acceptors (Lipinski definition) is 3. The molecule has 0 spiro atoms. The normalized spacial score (nSPS) is 15.9. The lowest BCUT2D eigenvalue weighted by Gasteiger charge is -2.34. The van der Waals surface area contributed by atoms with E-state index in [1.54, 1.807) is 0 Å².